The van der Waals surface area contributed by atoms with Crippen molar-refractivity contribution in [1.82, 2.24) is 45.5 Å². The van der Waals surface area contributed by atoms with Crippen LogP contribution in [0.4, 0.5) is 0 Å². The van der Waals surface area contributed by atoms with Crippen LogP contribution in [-0.2, 0) is 30.5 Å². The molecule has 3 fully saturated rings. The van der Waals surface area contributed by atoms with E-state index in [2.05, 4.69) is 26.2 Å². The molecule has 234 valence electrons. The summed E-state index contributed by atoms with van der Waals surface area (Å²) in [5, 5.41) is 26.7. The Morgan fingerprint density at radius 3 is 2.53 bits per heavy atom. The Hall–Kier alpha value is -3.61. The molecule has 17 nitrogen and oxygen atoms in total. The summed E-state index contributed by atoms with van der Waals surface area (Å²) < 4.78 is 1.27. The van der Waals surface area contributed by atoms with Crippen LogP contribution < -0.4 is 22.1 Å². The lowest BCUT2D eigenvalue weighted by Crippen LogP contribution is -2.66. The molecule has 4 amide bonds. The zero-order chi connectivity index (χ0) is 31.0. The third-order valence-corrected chi connectivity index (χ3v) is 10.1. The van der Waals surface area contributed by atoms with Crippen LogP contribution in [0.15, 0.2) is 16.9 Å². The highest BCUT2D eigenvalue weighted by Crippen LogP contribution is 2.51. The molecule has 5 rings (SSSR count). The SMILES string of the molecule is C[C@H](NC(=O)Cn1cnnn1)[C@@H]1C(=O)N2C(C(=O)O)=C(S[C@H]3CN[C@H](C(=O)N4CCN(C(=O)[C@@H](N)CN)CC4)C3)[C@H](C)[C@@H]12. The van der Waals surface area contributed by atoms with Crippen LogP contribution in [-0.4, -0.2) is 138 Å². The Morgan fingerprint density at radius 1 is 1.21 bits per heavy atom. The Bertz CT molecular complexity index is 1300. The predicted molar refractivity (Wildman–Crippen MR) is 151 cm³/mol. The number of aliphatic carboxylic acids is 1. The van der Waals surface area contributed by atoms with Crippen molar-refractivity contribution in [2.45, 2.75) is 56.2 Å². The Morgan fingerprint density at radius 2 is 1.91 bits per heavy atom. The maximum absolute atomic E-state index is 13.2. The van der Waals surface area contributed by atoms with Crippen LogP contribution in [0, 0.1) is 11.8 Å². The Kier molecular flexibility index (Phi) is 9.00. The number of tetrazole rings is 1. The third kappa shape index (κ3) is 5.96. The number of amides is 4. The normalized spacial score (nSPS) is 28.4. The first-order valence-corrected chi connectivity index (χ1v) is 15.1. The van der Waals surface area contributed by atoms with Crippen LogP contribution in [0.1, 0.15) is 20.3 Å². The first-order chi connectivity index (χ1) is 20.5. The summed E-state index contributed by atoms with van der Waals surface area (Å²) in [5.41, 5.74) is 11.2. The van der Waals surface area contributed by atoms with Crippen LogP contribution in [0.3, 0.4) is 0 Å². The molecule has 1 aromatic heterocycles. The molecule has 7 N–H and O–H groups in total. The lowest BCUT2D eigenvalue weighted by molar-refractivity contribution is -0.158. The number of piperazine rings is 1. The van der Waals surface area contributed by atoms with Gasteiger partial charge in [0.1, 0.15) is 18.6 Å². The second kappa shape index (κ2) is 12.6. The van der Waals surface area contributed by atoms with Crippen LogP contribution in [0.2, 0.25) is 0 Å². The van der Waals surface area contributed by atoms with E-state index >= 15 is 0 Å². The van der Waals surface area contributed by atoms with Gasteiger partial charge >= 0.3 is 5.97 Å². The minimum atomic E-state index is -1.18. The average molecular weight is 620 g/mol. The minimum absolute atomic E-state index is 0.0257. The summed E-state index contributed by atoms with van der Waals surface area (Å²) in [5.74, 6) is -3.01. The summed E-state index contributed by atoms with van der Waals surface area (Å²) in [7, 11) is 0. The lowest BCUT2D eigenvalue weighted by Gasteiger charge is -2.47. The van der Waals surface area contributed by atoms with Gasteiger partial charge in [-0.05, 0) is 23.8 Å². The zero-order valence-corrected chi connectivity index (χ0v) is 24.8. The number of nitrogens with zero attached hydrogens (tertiary/aromatic N) is 7. The van der Waals surface area contributed by atoms with Crippen molar-refractivity contribution >= 4 is 41.4 Å². The predicted octanol–water partition coefficient (Wildman–Crippen LogP) is -3.63. The first-order valence-electron chi connectivity index (χ1n) is 14.3. The summed E-state index contributed by atoms with van der Waals surface area (Å²) in [6.45, 7) is 5.65. The molecule has 0 bridgehead atoms. The fourth-order valence-corrected chi connectivity index (χ4v) is 7.83. The molecular formula is C25H37N11O6S. The van der Waals surface area contributed by atoms with Crippen molar-refractivity contribution in [3.63, 3.8) is 0 Å². The van der Waals surface area contributed by atoms with Crippen molar-refractivity contribution in [3.8, 4) is 0 Å². The molecule has 3 saturated heterocycles. The van der Waals surface area contributed by atoms with E-state index in [9.17, 15) is 29.1 Å². The van der Waals surface area contributed by atoms with Gasteiger partial charge in [-0.2, -0.15) is 0 Å². The molecule has 4 aliphatic rings. The Balaban J connectivity index is 1.17. The molecule has 0 aliphatic carbocycles. The molecule has 0 unspecified atom stereocenters. The summed E-state index contributed by atoms with van der Waals surface area (Å²) in [4.78, 5) is 68.9. The van der Waals surface area contributed by atoms with Gasteiger partial charge in [0, 0.05) is 61.4 Å². The van der Waals surface area contributed by atoms with Crippen LogP contribution in [0.25, 0.3) is 0 Å². The number of hydrogen-bond acceptors (Lipinski definition) is 12. The van der Waals surface area contributed by atoms with Gasteiger partial charge in [-0.25, -0.2) is 9.48 Å². The number of rotatable bonds is 10. The lowest BCUT2D eigenvalue weighted by atomic mass is 9.78. The fourth-order valence-electron chi connectivity index (χ4n) is 6.35. The monoisotopic (exact) mass is 619 g/mol. The van der Waals surface area contributed by atoms with Crippen molar-refractivity contribution in [3.05, 3.63) is 16.9 Å². The topological polar surface area (TPSA) is 235 Å². The van der Waals surface area contributed by atoms with Crippen LogP contribution in [0.5, 0.6) is 0 Å². The number of carboxylic acid groups (broad SMARTS) is 1. The highest BCUT2D eigenvalue weighted by atomic mass is 32.2. The molecule has 0 saturated carbocycles. The Labute approximate surface area is 251 Å². The van der Waals surface area contributed by atoms with Gasteiger partial charge in [-0.1, -0.05) is 6.92 Å². The maximum atomic E-state index is 13.2. The molecular weight excluding hydrogens is 582 g/mol. The average Bonchev–Trinajstić information content (AvgIpc) is 3.72. The van der Waals surface area contributed by atoms with Gasteiger partial charge in [-0.3, -0.25) is 19.2 Å². The molecule has 0 radical (unpaired) electrons. The minimum Gasteiger partial charge on any atom is -0.477 e. The van der Waals surface area contributed by atoms with Gasteiger partial charge in [0.05, 0.1) is 24.0 Å². The number of carbonyl (C=O) groups excluding carboxylic acids is 4. The van der Waals surface area contributed by atoms with Gasteiger partial charge in [0.2, 0.25) is 23.6 Å². The van der Waals surface area contributed by atoms with Gasteiger partial charge in [0.15, 0.2) is 0 Å². The maximum Gasteiger partial charge on any atom is 0.353 e. The highest BCUT2D eigenvalue weighted by Gasteiger charge is 2.60. The number of carbonyl (C=O) groups is 5. The zero-order valence-electron chi connectivity index (χ0n) is 24.0. The van der Waals surface area contributed by atoms with Gasteiger partial charge < -0.3 is 41.9 Å². The number of β-lactam (4-membered cyclic amide) rings is 1. The second-order valence-electron chi connectivity index (χ2n) is 11.3. The number of nitrogens with one attached hydrogen (secondary N) is 2. The van der Waals surface area contributed by atoms with Gasteiger partial charge in [0.25, 0.3) is 0 Å². The number of hydrogen-bond donors (Lipinski definition) is 5. The summed E-state index contributed by atoms with van der Waals surface area (Å²) in [6, 6.07) is -2.11. The molecule has 1 aromatic rings. The van der Waals surface area contributed by atoms with E-state index in [-0.39, 0.29) is 53.6 Å². The van der Waals surface area contributed by atoms with Crippen molar-refractivity contribution in [2.75, 3.05) is 39.3 Å². The molecule has 7 atom stereocenters. The number of fused-ring (bicyclic) bond motifs is 1. The molecule has 4 aliphatic heterocycles. The van der Waals surface area contributed by atoms with E-state index in [1.165, 1.54) is 27.7 Å². The van der Waals surface area contributed by atoms with E-state index in [0.29, 0.717) is 44.0 Å². The van der Waals surface area contributed by atoms with E-state index in [4.69, 9.17) is 11.5 Å². The second-order valence-corrected chi connectivity index (χ2v) is 12.7. The van der Waals surface area contributed by atoms with Crippen molar-refractivity contribution in [2.24, 2.45) is 23.3 Å². The molecule has 0 spiro atoms. The smallest absolute Gasteiger partial charge is 0.353 e. The first kappa shape index (κ1) is 30.8. The highest BCUT2D eigenvalue weighted by molar-refractivity contribution is 8.03. The number of aromatic nitrogens is 4. The van der Waals surface area contributed by atoms with E-state index in [0.717, 1.165) is 0 Å². The van der Waals surface area contributed by atoms with E-state index in [1.54, 1.807) is 16.7 Å². The molecule has 5 heterocycles. The van der Waals surface area contributed by atoms with E-state index in [1.807, 2.05) is 6.92 Å². The van der Waals surface area contributed by atoms with Crippen molar-refractivity contribution < 1.29 is 29.1 Å². The largest absolute Gasteiger partial charge is 0.477 e. The standard InChI is InChI=1S/C25H37N11O6S/c1-12-19-18(13(2)30-17(37)10-35-11-29-31-32-35)24(40)36(19)20(25(41)42)21(12)43-14-7-16(28-9-14)23(39)34-5-3-33(4-6-34)22(38)15(27)8-26/h11-16,18-19,28H,3-10,26-27H2,1-2H3,(H,30,37)(H,41,42)/t12-,13+,14-,15+,16+,18+,19+/m1/s1. The fraction of sp³-hybridized carbons (Fsp3) is 0.680. The number of nitrogens with two attached hydrogens (primary N) is 2. The summed E-state index contributed by atoms with van der Waals surface area (Å²) in [6.07, 6.45) is 1.81. The van der Waals surface area contributed by atoms with Gasteiger partial charge in [-0.15, -0.1) is 16.9 Å². The number of carboxylic acids is 1. The number of thioether (sulfide) groups is 1. The van der Waals surface area contributed by atoms with Crippen LogP contribution >= 0.6 is 11.8 Å². The summed E-state index contributed by atoms with van der Waals surface area (Å²) >= 11 is 1.40. The molecule has 18 heteroatoms. The van der Waals surface area contributed by atoms with Crippen molar-refractivity contribution in [1.29, 1.82) is 0 Å². The molecule has 43 heavy (non-hydrogen) atoms. The molecule has 0 aromatic carbocycles. The third-order valence-electron chi connectivity index (χ3n) is 8.57. The van der Waals surface area contributed by atoms with E-state index < -0.39 is 36.1 Å². The quantitative estimate of drug-likeness (QED) is 0.159.